The van der Waals surface area contributed by atoms with Gasteiger partial charge in [0.05, 0.1) is 22.8 Å². The molecule has 0 radical (unpaired) electrons. The third kappa shape index (κ3) is 3.00. The van der Waals surface area contributed by atoms with Gasteiger partial charge in [-0.3, -0.25) is 4.79 Å². The van der Waals surface area contributed by atoms with Gasteiger partial charge in [0.15, 0.2) is 5.76 Å². The molecule has 1 N–H and O–H groups in total. The minimum absolute atomic E-state index is 0.00634. The molecule has 0 saturated heterocycles. The largest absolute Gasteiger partial charge is 0.478 e. The quantitative estimate of drug-likeness (QED) is 0.926. The van der Waals surface area contributed by atoms with E-state index < -0.39 is 5.97 Å². The summed E-state index contributed by atoms with van der Waals surface area (Å²) in [6.45, 7) is 2.24. The summed E-state index contributed by atoms with van der Waals surface area (Å²) in [5.74, 6) is -1.49. The van der Waals surface area contributed by atoms with Gasteiger partial charge < -0.3 is 14.4 Å². The normalized spacial score (nSPS) is 10.4. The fraction of sp³-hybridized carbons (Fsp3) is 0.250. The number of carbonyl (C=O) groups is 2. The summed E-state index contributed by atoms with van der Waals surface area (Å²) >= 11 is 1.51. The molecule has 19 heavy (non-hydrogen) atoms. The summed E-state index contributed by atoms with van der Waals surface area (Å²) in [4.78, 5) is 28.4. The predicted molar refractivity (Wildman–Crippen MR) is 68.3 cm³/mol. The van der Waals surface area contributed by atoms with Crippen molar-refractivity contribution in [2.24, 2.45) is 0 Å². The van der Waals surface area contributed by atoms with Gasteiger partial charge in [-0.15, -0.1) is 11.3 Å². The lowest BCUT2D eigenvalue weighted by atomic mass is 10.3. The van der Waals surface area contributed by atoms with Gasteiger partial charge in [0.2, 0.25) is 0 Å². The molecule has 0 aliphatic rings. The Labute approximate surface area is 113 Å². The number of hydrogen-bond acceptors (Lipinski definition) is 5. The van der Waals surface area contributed by atoms with Crippen molar-refractivity contribution in [3.8, 4) is 0 Å². The molecule has 2 aromatic heterocycles. The molecule has 0 aromatic carbocycles. The molecule has 2 heterocycles. The molecule has 0 unspecified atom stereocenters. The van der Waals surface area contributed by atoms with Crippen LogP contribution in [0.15, 0.2) is 22.1 Å². The average Bonchev–Trinajstić information content (AvgIpc) is 2.97. The van der Waals surface area contributed by atoms with Crippen LogP contribution in [0, 0.1) is 6.92 Å². The molecule has 0 atom stereocenters. The second-order valence-corrected chi connectivity index (χ2v) is 5.09. The standard InChI is InChI=1S/C12H12N2O4S/c1-7-13-9(6-19-7)4-14(2)11(15)10-3-8(5-18-10)12(16)17/h3,5-6H,4H2,1-2H3,(H,16,17). The first kappa shape index (κ1) is 13.3. The van der Waals surface area contributed by atoms with Crippen LogP contribution in [0.2, 0.25) is 0 Å². The van der Waals surface area contributed by atoms with E-state index in [2.05, 4.69) is 4.98 Å². The summed E-state index contributed by atoms with van der Waals surface area (Å²) in [6, 6.07) is 1.22. The van der Waals surface area contributed by atoms with Crippen LogP contribution < -0.4 is 0 Å². The Hall–Kier alpha value is -2.15. The van der Waals surface area contributed by atoms with Crippen LogP contribution in [0.1, 0.15) is 31.6 Å². The monoisotopic (exact) mass is 280 g/mol. The SMILES string of the molecule is Cc1nc(CN(C)C(=O)c2cc(C(=O)O)co2)cs1. The first-order valence-electron chi connectivity index (χ1n) is 5.45. The van der Waals surface area contributed by atoms with Gasteiger partial charge in [-0.25, -0.2) is 9.78 Å². The first-order valence-corrected chi connectivity index (χ1v) is 6.33. The number of aryl methyl sites for hydroxylation is 1. The second kappa shape index (κ2) is 5.23. The van der Waals surface area contributed by atoms with E-state index in [4.69, 9.17) is 9.52 Å². The number of carboxylic acid groups (broad SMARTS) is 1. The average molecular weight is 280 g/mol. The Morgan fingerprint density at radius 3 is 2.79 bits per heavy atom. The van der Waals surface area contributed by atoms with E-state index in [1.807, 2.05) is 12.3 Å². The number of furan rings is 1. The zero-order valence-corrected chi connectivity index (χ0v) is 11.2. The molecular weight excluding hydrogens is 268 g/mol. The van der Waals surface area contributed by atoms with Crippen LogP contribution in [0.4, 0.5) is 0 Å². The number of nitrogens with zero attached hydrogens (tertiary/aromatic N) is 2. The highest BCUT2D eigenvalue weighted by Gasteiger charge is 2.19. The molecule has 0 aliphatic heterocycles. The number of carboxylic acids is 1. The van der Waals surface area contributed by atoms with Crippen molar-refractivity contribution >= 4 is 23.2 Å². The second-order valence-electron chi connectivity index (χ2n) is 4.02. The van der Waals surface area contributed by atoms with E-state index in [9.17, 15) is 9.59 Å². The molecule has 2 rings (SSSR count). The van der Waals surface area contributed by atoms with Gasteiger partial charge in [0.25, 0.3) is 5.91 Å². The van der Waals surface area contributed by atoms with Gasteiger partial charge in [0, 0.05) is 18.5 Å². The third-order valence-corrected chi connectivity index (χ3v) is 3.29. The maximum Gasteiger partial charge on any atom is 0.338 e. The van der Waals surface area contributed by atoms with Crippen LogP contribution in [0.3, 0.4) is 0 Å². The van der Waals surface area contributed by atoms with Crippen molar-refractivity contribution < 1.29 is 19.1 Å². The fourth-order valence-corrected chi connectivity index (χ4v) is 2.15. The Kier molecular flexibility index (Phi) is 3.66. The highest BCUT2D eigenvalue weighted by molar-refractivity contribution is 7.09. The zero-order valence-electron chi connectivity index (χ0n) is 10.4. The maximum atomic E-state index is 12.0. The fourth-order valence-electron chi connectivity index (χ4n) is 1.54. The number of amides is 1. The number of aromatic carboxylic acids is 1. The van der Waals surface area contributed by atoms with Crippen molar-refractivity contribution in [1.82, 2.24) is 9.88 Å². The first-order chi connectivity index (χ1) is 8.97. The van der Waals surface area contributed by atoms with Crippen LogP contribution in [0.25, 0.3) is 0 Å². The van der Waals surface area contributed by atoms with Crippen molar-refractivity contribution in [2.75, 3.05) is 7.05 Å². The van der Waals surface area contributed by atoms with Gasteiger partial charge >= 0.3 is 5.97 Å². The van der Waals surface area contributed by atoms with Gasteiger partial charge in [-0.05, 0) is 6.92 Å². The molecule has 0 fully saturated rings. The number of carbonyl (C=O) groups excluding carboxylic acids is 1. The predicted octanol–water partition coefficient (Wildman–Crippen LogP) is 2.01. The van der Waals surface area contributed by atoms with Crippen molar-refractivity contribution in [1.29, 1.82) is 0 Å². The minimum Gasteiger partial charge on any atom is -0.478 e. The highest BCUT2D eigenvalue weighted by atomic mass is 32.1. The maximum absolute atomic E-state index is 12.0. The van der Waals surface area contributed by atoms with Crippen LogP contribution in [-0.2, 0) is 6.54 Å². The highest BCUT2D eigenvalue weighted by Crippen LogP contribution is 2.14. The van der Waals surface area contributed by atoms with E-state index in [-0.39, 0.29) is 17.2 Å². The Bertz CT molecular complexity index is 617. The Balaban J connectivity index is 2.07. The summed E-state index contributed by atoms with van der Waals surface area (Å²) < 4.78 is 4.96. The molecule has 0 aliphatic carbocycles. The summed E-state index contributed by atoms with van der Waals surface area (Å²) in [6.07, 6.45) is 1.05. The van der Waals surface area contributed by atoms with Gasteiger partial charge in [-0.2, -0.15) is 0 Å². The Morgan fingerprint density at radius 1 is 1.53 bits per heavy atom. The molecule has 0 saturated carbocycles. The van der Waals surface area contributed by atoms with E-state index in [1.165, 1.54) is 22.3 Å². The van der Waals surface area contributed by atoms with Crippen LogP contribution >= 0.6 is 11.3 Å². The van der Waals surface area contributed by atoms with Crippen molar-refractivity contribution in [3.63, 3.8) is 0 Å². The van der Waals surface area contributed by atoms with E-state index in [1.54, 1.807) is 7.05 Å². The number of aromatic nitrogens is 1. The van der Waals surface area contributed by atoms with Crippen molar-refractivity contribution in [3.05, 3.63) is 39.7 Å². The summed E-state index contributed by atoms with van der Waals surface area (Å²) in [5.41, 5.74) is 0.754. The van der Waals surface area contributed by atoms with Gasteiger partial charge in [-0.1, -0.05) is 0 Å². The molecule has 1 amide bonds. The molecule has 0 bridgehead atoms. The van der Waals surface area contributed by atoms with E-state index >= 15 is 0 Å². The van der Waals surface area contributed by atoms with E-state index in [0.29, 0.717) is 6.54 Å². The lowest BCUT2D eigenvalue weighted by molar-refractivity contribution is 0.0695. The number of hydrogen-bond donors (Lipinski definition) is 1. The third-order valence-electron chi connectivity index (χ3n) is 2.47. The Morgan fingerprint density at radius 2 is 2.26 bits per heavy atom. The molecule has 0 spiro atoms. The van der Waals surface area contributed by atoms with Crippen LogP contribution in [0.5, 0.6) is 0 Å². The smallest absolute Gasteiger partial charge is 0.338 e. The lowest BCUT2D eigenvalue weighted by Crippen LogP contribution is -2.26. The topological polar surface area (TPSA) is 83.6 Å². The van der Waals surface area contributed by atoms with Crippen LogP contribution in [-0.4, -0.2) is 33.9 Å². The molecule has 7 heteroatoms. The van der Waals surface area contributed by atoms with Gasteiger partial charge in [0.1, 0.15) is 6.26 Å². The molecule has 6 nitrogen and oxygen atoms in total. The summed E-state index contributed by atoms with van der Waals surface area (Å²) in [7, 11) is 1.61. The molecule has 2 aromatic rings. The number of rotatable bonds is 4. The lowest BCUT2D eigenvalue weighted by Gasteiger charge is -2.13. The number of thiazole rings is 1. The molecule has 100 valence electrons. The summed E-state index contributed by atoms with van der Waals surface area (Å²) in [5, 5.41) is 11.6. The molecular formula is C12H12N2O4S. The minimum atomic E-state index is -1.12. The van der Waals surface area contributed by atoms with E-state index in [0.717, 1.165) is 17.0 Å². The zero-order chi connectivity index (χ0) is 14.0. The van der Waals surface area contributed by atoms with Crippen molar-refractivity contribution in [2.45, 2.75) is 13.5 Å².